The van der Waals surface area contributed by atoms with Crippen LogP contribution in [0.4, 0.5) is 11.4 Å². The van der Waals surface area contributed by atoms with Crippen LogP contribution in [0.5, 0.6) is 5.75 Å². The van der Waals surface area contributed by atoms with E-state index in [0.717, 1.165) is 28.1 Å². The van der Waals surface area contributed by atoms with Crippen molar-refractivity contribution in [2.45, 2.75) is 13.3 Å². The standard InChI is InChI=1S/C23H24N4O4/c1-16-13-21(19-7-4-8-20(27(29)30)23(19)24-16)25-9-11-26(12-10-25)22(28)15-17-5-3-6-18(14-17)31-2/h3-8,13-14H,9-12,15H2,1-2H3. The highest BCUT2D eigenvalue weighted by Gasteiger charge is 2.24. The van der Waals surface area contributed by atoms with Crippen LogP contribution in [0.15, 0.2) is 48.5 Å². The number of hydrogen-bond acceptors (Lipinski definition) is 6. The lowest BCUT2D eigenvalue weighted by molar-refractivity contribution is -0.383. The Balaban J connectivity index is 1.50. The fraction of sp³-hybridized carbons (Fsp3) is 0.304. The summed E-state index contributed by atoms with van der Waals surface area (Å²) in [5, 5.41) is 12.2. The molecule has 2 aromatic carbocycles. The van der Waals surface area contributed by atoms with Crippen LogP contribution in [0.25, 0.3) is 10.9 Å². The Morgan fingerprint density at radius 1 is 1.13 bits per heavy atom. The van der Waals surface area contributed by atoms with Crippen LogP contribution in [0.2, 0.25) is 0 Å². The van der Waals surface area contributed by atoms with Crippen molar-refractivity contribution in [3.05, 3.63) is 69.9 Å². The average molecular weight is 420 g/mol. The topological polar surface area (TPSA) is 88.8 Å². The van der Waals surface area contributed by atoms with Gasteiger partial charge in [-0.05, 0) is 30.7 Å². The molecule has 0 N–H and O–H groups in total. The second-order valence-electron chi connectivity index (χ2n) is 7.61. The van der Waals surface area contributed by atoms with Crippen molar-refractivity contribution in [2.75, 3.05) is 38.2 Å². The molecule has 0 atom stereocenters. The lowest BCUT2D eigenvalue weighted by atomic mass is 10.1. The maximum Gasteiger partial charge on any atom is 0.295 e. The number of benzene rings is 2. The van der Waals surface area contributed by atoms with Crippen molar-refractivity contribution in [3.8, 4) is 5.75 Å². The first-order chi connectivity index (χ1) is 15.0. The Morgan fingerprint density at radius 2 is 1.87 bits per heavy atom. The van der Waals surface area contributed by atoms with E-state index >= 15 is 0 Å². The largest absolute Gasteiger partial charge is 0.497 e. The molecule has 160 valence electrons. The summed E-state index contributed by atoms with van der Waals surface area (Å²) >= 11 is 0. The summed E-state index contributed by atoms with van der Waals surface area (Å²) in [5.41, 5.74) is 2.99. The highest BCUT2D eigenvalue weighted by atomic mass is 16.6. The molecule has 1 aromatic heterocycles. The number of para-hydroxylation sites is 1. The number of rotatable bonds is 5. The molecule has 1 fully saturated rings. The number of nitro groups is 1. The normalized spacial score (nSPS) is 14.0. The first-order valence-electron chi connectivity index (χ1n) is 10.2. The third-order valence-corrected chi connectivity index (χ3v) is 5.58. The summed E-state index contributed by atoms with van der Waals surface area (Å²) in [4.78, 5) is 32.3. The quantitative estimate of drug-likeness (QED) is 0.465. The van der Waals surface area contributed by atoms with Crippen molar-refractivity contribution >= 4 is 28.2 Å². The molecule has 3 aromatic rings. The number of methoxy groups -OCH3 is 1. The Hall–Kier alpha value is -3.68. The number of aromatic nitrogens is 1. The second-order valence-corrected chi connectivity index (χ2v) is 7.61. The molecule has 1 saturated heterocycles. The van der Waals surface area contributed by atoms with Gasteiger partial charge in [0.1, 0.15) is 5.75 Å². The number of hydrogen-bond donors (Lipinski definition) is 0. The van der Waals surface area contributed by atoms with Gasteiger partial charge in [0.05, 0.1) is 18.5 Å². The number of carbonyl (C=O) groups is 1. The summed E-state index contributed by atoms with van der Waals surface area (Å²) in [7, 11) is 1.61. The monoisotopic (exact) mass is 420 g/mol. The Kier molecular flexibility index (Phi) is 5.70. The summed E-state index contributed by atoms with van der Waals surface area (Å²) < 4.78 is 5.23. The van der Waals surface area contributed by atoms with Crippen molar-refractivity contribution in [1.82, 2.24) is 9.88 Å². The van der Waals surface area contributed by atoms with Gasteiger partial charge in [-0.15, -0.1) is 0 Å². The van der Waals surface area contributed by atoms with Crippen LogP contribution in [0.1, 0.15) is 11.3 Å². The van der Waals surface area contributed by atoms with Crippen LogP contribution in [0.3, 0.4) is 0 Å². The van der Waals surface area contributed by atoms with Gasteiger partial charge in [0.2, 0.25) is 5.91 Å². The van der Waals surface area contributed by atoms with Gasteiger partial charge >= 0.3 is 0 Å². The SMILES string of the molecule is COc1cccc(CC(=O)N2CCN(c3cc(C)nc4c([N+](=O)[O-])cccc34)CC2)c1. The molecule has 2 heterocycles. The number of nitrogens with zero attached hydrogens (tertiary/aromatic N) is 4. The number of fused-ring (bicyclic) bond motifs is 1. The molecule has 1 amide bonds. The van der Waals surface area contributed by atoms with Gasteiger partial charge in [-0.3, -0.25) is 14.9 Å². The van der Waals surface area contributed by atoms with E-state index in [1.807, 2.05) is 48.2 Å². The summed E-state index contributed by atoms with van der Waals surface area (Å²) in [6, 6.07) is 14.5. The average Bonchev–Trinajstić information content (AvgIpc) is 2.78. The zero-order chi connectivity index (χ0) is 22.0. The predicted molar refractivity (Wildman–Crippen MR) is 119 cm³/mol. The third-order valence-electron chi connectivity index (χ3n) is 5.58. The molecule has 1 aliphatic rings. The molecule has 8 nitrogen and oxygen atoms in total. The number of ether oxygens (including phenoxy) is 1. The molecular formula is C23H24N4O4. The minimum absolute atomic E-state index is 0.00885. The minimum Gasteiger partial charge on any atom is -0.497 e. The van der Waals surface area contributed by atoms with E-state index in [1.165, 1.54) is 6.07 Å². The van der Waals surface area contributed by atoms with Gasteiger partial charge in [0.25, 0.3) is 5.69 Å². The molecule has 1 aliphatic heterocycles. The summed E-state index contributed by atoms with van der Waals surface area (Å²) in [6.07, 6.45) is 0.334. The lowest BCUT2D eigenvalue weighted by Gasteiger charge is -2.36. The molecular weight excluding hydrogens is 396 g/mol. The molecule has 0 radical (unpaired) electrons. The number of pyridine rings is 1. The van der Waals surface area contributed by atoms with Crippen LogP contribution in [-0.2, 0) is 11.2 Å². The Morgan fingerprint density at radius 3 is 2.58 bits per heavy atom. The van der Waals surface area contributed by atoms with E-state index in [2.05, 4.69) is 9.88 Å². The molecule has 8 heteroatoms. The van der Waals surface area contributed by atoms with E-state index in [4.69, 9.17) is 4.74 Å². The van der Waals surface area contributed by atoms with Crippen LogP contribution < -0.4 is 9.64 Å². The van der Waals surface area contributed by atoms with Crippen LogP contribution in [-0.4, -0.2) is 54.0 Å². The molecule has 0 bridgehead atoms. The van der Waals surface area contributed by atoms with Crippen molar-refractivity contribution in [1.29, 1.82) is 0 Å². The second kappa shape index (κ2) is 8.59. The summed E-state index contributed by atoms with van der Waals surface area (Å²) in [6.45, 7) is 4.35. The van der Waals surface area contributed by atoms with Crippen molar-refractivity contribution in [2.24, 2.45) is 0 Å². The number of nitro benzene ring substituents is 1. The number of amides is 1. The molecule has 4 rings (SSSR count). The lowest BCUT2D eigenvalue weighted by Crippen LogP contribution is -2.49. The van der Waals surface area contributed by atoms with E-state index in [9.17, 15) is 14.9 Å². The highest BCUT2D eigenvalue weighted by Crippen LogP contribution is 2.32. The number of anilines is 1. The Bertz CT molecular complexity index is 1140. The van der Waals surface area contributed by atoms with Crippen LogP contribution >= 0.6 is 0 Å². The smallest absolute Gasteiger partial charge is 0.295 e. The summed E-state index contributed by atoms with van der Waals surface area (Å²) in [5.74, 6) is 0.823. The Labute approximate surface area is 180 Å². The maximum atomic E-state index is 12.8. The van der Waals surface area contributed by atoms with E-state index in [1.54, 1.807) is 13.2 Å². The van der Waals surface area contributed by atoms with Gasteiger partial charge < -0.3 is 14.5 Å². The van der Waals surface area contributed by atoms with Crippen molar-refractivity contribution in [3.63, 3.8) is 0 Å². The molecule has 0 aliphatic carbocycles. The van der Waals surface area contributed by atoms with Gasteiger partial charge in [-0.1, -0.05) is 24.3 Å². The zero-order valence-electron chi connectivity index (χ0n) is 17.6. The number of carbonyl (C=O) groups excluding carboxylic acids is 1. The molecule has 0 spiro atoms. The maximum absolute atomic E-state index is 12.8. The van der Waals surface area contributed by atoms with Gasteiger partial charge in [0.15, 0.2) is 5.52 Å². The fourth-order valence-electron chi connectivity index (χ4n) is 4.01. The fourth-order valence-corrected chi connectivity index (χ4v) is 4.01. The number of piperazine rings is 1. The number of aryl methyl sites for hydroxylation is 1. The molecule has 31 heavy (non-hydrogen) atoms. The van der Waals surface area contributed by atoms with Crippen molar-refractivity contribution < 1.29 is 14.5 Å². The molecule has 0 saturated carbocycles. The first kappa shape index (κ1) is 20.6. The molecule has 0 unspecified atom stereocenters. The minimum atomic E-state index is -0.395. The van der Waals surface area contributed by atoms with E-state index < -0.39 is 4.92 Å². The third kappa shape index (κ3) is 4.28. The van der Waals surface area contributed by atoms with Gasteiger partial charge in [0, 0.05) is 49.0 Å². The van der Waals surface area contributed by atoms with E-state index in [-0.39, 0.29) is 11.6 Å². The number of non-ortho nitro benzene ring substituents is 1. The van der Waals surface area contributed by atoms with Gasteiger partial charge in [-0.2, -0.15) is 0 Å². The van der Waals surface area contributed by atoms with Gasteiger partial charge in [-0.25, -0.2) is 4.98 Å². The predicted octanol–water partition coefficient (Wildman–Crippen LogP) is 3.35. The zero-order valence-corrected chi connectivity index (χ0v) is 17.6. The van der Waals surface area contributed by atoms with Crippen LogP contribution in [0, 0.1) is 17.0 Å². The van der Waals surface area contributed by atoms with E-state index in [0.29, 0.717) is 38.1 Å². The highest BCUT2D eigenvalue weighted by molar-refractivity contribution is 5.97. The first-order valence-corrected chi connectivity index (χ1v) is 10.2.